The average molecular weight is 298 g/mol. The third-order valence-corrected chi connectivity index (χ3v) is 4.44. The van der Waals surface area contributed by atoms with Crippen molar-refractivity contribution in [1.82, 2.24) is 0 Å². The van der Waals surface area contributed by atoms with E-state index in [1.54, 1.807) is 7.11 Å². The van der Waals surface area contributed by atoms with E-state index >= 15 is 0 Å². The van der Waals surface area contributed by atoms with Crippen molar-refractivity contribution >= 4 is 35.5 Å². The molecule has 0 aliphatic carbocycles. The molecule has 3 heteroatoms. The summed E-state index contributed by atoms with van der Waals surface area (Å²) in [7, 11) is 1.69. The van der Waals surface area contributed by atoms with Crippen LogP contribution in [0.2, 0.25) is 5.02 Å². The van der Waals surface area contributed by atoms with Gasteiger partial charge in [0.05, 0.1) is 0 Å². The molecule has 82 valence electrons. The van der Waals surface area contributed by atoms with Gasteiger partial charge in [-0.1, -0.05) is 0 Å². The maximum absolute atomic E-state index is 5.85. The second-order valence-electron chi connectivity index (χ2n) is 3.23. The first-order valence-electron chi connectivity index (χ1n) is 4.85. The summed E-state index contributed by atoms with van der Waals surface area (Å²) in [6.07, 6.45) is 0. The second-order valence-corrected chi connectivity index (χ2v) is 6.08. The normalized spacial score (nSPS) is 10.1. The minimum atomic E-state index is 0.305. The fourth-order valence-corrected chi connectivity index (χ4v) is 3.25. The summed E-state index contributed by atoms with van der Waals surface area (Å²) in [4.78, 5) is 0. The van der Waals surface area contributed by atoms with Gasteiger partial charge in [0.15, 0.2) is 0 Å². The molecule has 0 spiro atoms. The van der Waals surface area contributed by atoms with E-state index in [9.17, 15) is 0 Å². The van der Waals surface area contributed by atoms with Crippen LogP contribution >= 0.6 is 11.6 Å². The van der Waals surface area contributed by atoms with Gasteiger partial charge in [-0.15, -0.1) is 0 Å². The Morgan fingerprint density at radius 3 is 2.44 bits per heavy atom. The van der Waals surface area contributed by atoms with Crippen LogP contribution in [0.3, 0.4) is 0 Å². The van der Waals surface area contributed by atoms with Crippen molar-refractivity contribution in [2.24, 2.45) is 0 Å². The molecule has 2 aromatic rings. The molecule has 0 saturated carbocycles. The molecular formula is C13H11ClOSe. The number of benzene rings is 2. The molecule has 0 atom stereocenters. The Balaban J connectivity index is 2.16. The van der Waals surface area contributed by atoms with Crippen LogP contribution in [0.25, 0.3) is 0 Å². The number of hydrogen-bond acceptors (Lipinski definition) is 1. The molecular weight excluding hydrogens is 287 g/mol. The van der Waals surface area contributed by atoms with E-state index in [0.717, 1.165) is 10.8 Å². The third kappa shape index (κ3) is 3.02. The van der Waals surface area contributed by atoms with Crippen LogP contribution in [-0.4, -0.2) is 22.1 Å². The summed E-state index contributed by atoms with van der Waals surface area (Å²) in [6.45, 7) is 0. The second kappa shape index (κ2) is 5.40. The van der Waals surface area contributed by atoms with Gasteiger partial charge in [0.1, 0.15) is 0 Å². The van der Waals surface area contributed by atoms with Gasteiger partial charge in [0, 0.05) is 0 Å². The summed E-state index contributed by atoms with van der Waals surface area (Å²) < 4.78 is 7.81. The van der Waals surface area contributed by atoms with Crippen LogP contribution in [0.1, 0.15) is 0 Å². The van der Waals surface area contributed by atoms with Gasteiger partial charge in [0.25, 0.3) is 0 Å². The molecule has 0 heterocycles. The Bertz CT molecular complexity index is 468. The Kier molecular flexibility index (Phi) is 3.89. The molecule has 0 fully saturated rings. The molecule has 0 aliphatic heterocycles. The number of halogens is 1. The van der Waals surface area contributed by atoms with Gasteiger partial charge in [0.2, 0.25) is 0 Å². The molecule has 0 aromatic heterocycles. The Labute approximate surface area is 107 Å². The van der Waals surface area contributed by atoms with E-state index in [4.69, 9.17) is 16.3 Å². The van der Waals surface area contributed by atoms with Crippen LogP contribution in [-0.2, 0) is 0 Å². The van der Waals surface area contributed by atoms with Crippen LogP contribution in [0.15, 0.2) is 48.5 Å². The Morgan fingerprint density at radius 2 is 1.75 bits per heavy atom. The zero-order valence-corrected chi connectivity index (χ0v) is 11.3. The van der Waals surface area contributed by atoms with Crippen LogP contribution in [0.5, 0.6) is 5.75 Å². The molecule has 16 heavy (non-hydrogen) atoms. The SMILES string of the molecule is COc1cccc([Se]c2ccc(Cl)cc2)c1. The van der Waals surface area contributed by atoms with E-state index in [1.807, 2.05) is 24.3 Å². The van der Waals surface area contributed by atoms with Crippen molar-refractivity contribution in [3.05, 3.63) is 53.6 Å². The van der Waals surface area contributed by atoms with Gasteiger partial charge in [-0.2, -0.15) is 0 Å². The molecule has 2 rings (SSSR count). The van der Waals surface area contributed by atoms with Gasteiger partial charge in [-0.3, -0.25) is 0 Å². The van der Waals surface area contributed by atoms with Crippen LogP contribution < -0.4 is 13.7 Å². The maximum atomic E-state index is 5.85. The predicted octanol–water partition coefficient (Wildman–Crippen LogP) is 2.00. The van der Waals surface area contributed by atoms with Crippen molar-refractivity contribution in [3.63, 3.8) is 0 Å². The van der Waals surface area contributed by atoms with Gasteiger partial charge in [-0.25, -0.2) is 0 Å². The fraction of sp³-hybridized carbons (Fsp3) is 0.0769. The molecule has 1 nitrogen and oxygen atoms in total. The van der Waals surface area contributed by atoms with E-state index in [1.165, 1.54) is 8.92 Å². The predicted molar refractivity (Wildman–Crippen MR) is 69.5 cm³/mol. The van der Waals surface area contributed by atoms with Crippen LogP contribution in [0.4, 0.5) is 0 Å². The fourth-order valence-electron chi connectivity index (χ4n) is 1.30. The zero-order chi connectivity index (χ0) is 11.4. The summed E-state index contributed by atoms with van der Waals surface area (Å²) in [5.74, 6) is 0.910. The summed E-state index contributed by atoms with van der Waals surface area (Å²) in [5, 5.41) is 0.783. The van der Waals surface area contributed by atoms with Crippen molar-refractivity contribution < 1.29 is 4.74 Å². The van der Waals surface area contributed by atoms with Crippen molar-refractivity contribution in [3.8, 4) is 5.75 Å². The quantitative estimate of drug-likeness (QED) is 0.788. The number of hydrogen-bond donors (Lipinski definition) is 0. The molecule has 0 aliphatic rings. The molecule has 0 bridgehead atoms. The minimum absolute atomic E-state index is 0.305. The molecule has 0 radical (unpaired) electrons. The molecule has 0 saturated heterocycles. The number of methoxy groups -OCH3 is 1. The van der Waals surface area contributed by atoms with Crippen molar-refractivity contribution in [2.75, 3.05) is 7.11 Å². The molecule has 0 amide bonds. The van der Waals surface area contributed by atoms with Crippen molar-refractivity contribution in [1.29, 1.82) is 0 Å². The van der Waals surface area contributed by atoms with Crippen LogP contribution in [0, 0.1) is 0 Å². The van der Waals surface area contributed by atoms with Gasteiger partial charge in [-0.05, 0) is 0 Å². The summed E-state index contributed by atoms with van der Waals surface area (Å²) in [5.41, 5.74) is 0. The number of rotatable bonds is 3. The summed E-state index contributed by atoms with van der Waals surface area (Å²) >= 11 is 6.15. The van der Waals surface area contributed by atoms with E-state index in [0.29, 0.717) is 15.0 Å². The zero-order valence-electron chi connectivity index (χ0n) is 8.81. The van der Waals surface area contributed by atoms with Crippen molar-refractivity contribution in [2.45, 2.75) is 0 Å². The monoisotopic (exact) mass is 298 g/mol. The first kappa shape index (κ1) is 11.5. The first-order chi connectivity index (χ1) is 7.78. The van der Waals surface area contributed by atoms with Gasteiger partial charge >= 0.3 is 107 Å². The van der Waals surface area contributed by atoms with E-state index in [-0.39, 0.29) is 0 Å². The summed E-state index contributed by atoms with van der Waals surface area (Å²) in [6, 6.07) is 16.2. The standard InChI is InChI=1S/C13H11ClOSe/c1-15-11-3-2-4-13(9-11)16-12-7-5-10(14)6-8-12/h2-9H,1H3. The topological polar surface area (TPSA) is 9.23 Å². The molecule has 0 unspecified atom stereocenters. The third-order valence-electron chi connectivity index (χ3n) is 2.09. The molecule has 0 N–H and O–H groups in total. The van der Waals surface area contributed by atoms with E-state index in [2.05, 4.69) is 24.3 Å². The Morgan fingerprint density at radius 1 is 1.00 bits per heavy atom. The Hall–Kier alpha value is -0.951. The number of ether oxygens (including phenoxy) is 1. The molecule has 2 aromatic carbocycles. The van der Waals surface area contributed by atoms with Gasteiger partial charge < -0.3 is 0 Å². The average Bonchev–Trinajstić information content (AvgIpc) is 2.32. The first-order valence-corrected chi connectivity index (χ1v) is 6.94. The van der Waals surface area contributed by atoms with E-state index < -0.39 is 0 Å².